The first-order chi connectivity index (χ1) is 11.3. The van der Waals surface area contributed by atoms with Crippen LogP contribution in [0.4, 0.5) is 0 Å². The molecule has 0 N–H and O–H groups in total. The molecule has 0 saturated carbocycles. The minimum absolute atomic E-state index is 0.0359. The Bertz CT molecular complexity index is 686. The van der Waals surface area contributed by atoms with Gasteiger partial charge >= 0.3 is 0 Å². The number of piperidine rings is 1. The molecule has 4 heterocycles. The molecule has 2 fully saturated rings. The second kappa shape index (κ2) is 6.08. The van der Waals surface area contributed by atoms with Crippen molar-refractivity contribution in [1.82, 2.24) is 29.5 Å². The van der Waals surface area contributed by atoms with Gasteiger partial charge in [0.1, 0.15) is 12.7 Å². The highest BCUT2D eigenvalue weighted by molar-refractivity contribution is 5.97. The molecule has 0 aliphatic carbocycles. The fourth-order valence-corrected chi connectivity index (χ4v) is 3.57. The second-order valence-corrected chi connectivity index (χ2v) is 6.15. The lowest BCUT2D eigenvalue weighted by molar-refractivity contribution is 0.0372. The van der Waals surface area contributed by atoms with Crippen molar-refractivity contribution in [2.75, 3.05) is 26.2 Å². The zero-order valence-electron chi connectivity index (χ0n) is 13.0. The molecule has 2 aromatic rings. The van der Waals surface area contributed by atoms with Crippen LogP contribution in [0.25, 0.3) is 5.82 Å². The summed E-state index contributed by atoms with van der Waals surface area (Å²) in [6.45, 7) is 3.73. The molecule has 2 aliphatic heterocycles. The SMILES string of the molecule is O=C(c1cccnc1-n1cncn1)N1CCN2CCCCC2C1. The van der Waals surface area contributed by atoms with Crippen molar-refractivity contribution < 1.29 is 4.79 Å². The summed E-state index contributed by atoms with van der Waals surface area (Å²) >= 11 is 0. The number of carbonyl (C=O) groups is 1. The van der Waals surface area contributed by atoms with Gasteiger partial charge in [0.2, 0.25) is 0 Å². The van der Waals surface area contributed by atoms with E-state index in [0.717, 1.165) is 19.6 Å². The maximum atomic E-state index is 13.0. The minimum Gasteiger partial charge on any atom is -0.336 e. The number of rotatable bonds is 2. The zero-order valence-corrected chi connectivity index (χ0v) is 13.0. The summed E-state index contributed by atoms with van der Waals surface area (Å²) in [7, 11) is 0. The molecule has 2 aliphatic rings. The summed E-state index contributed by atoms with van der Waals surface area (Å²) < 4.78 is 1.55. The Morgan fingerprint density at radius 3 is 3.04 bits per heavy atom. The molecule has 7 heteroatoms. The molecular weight excluding hydrogens is 292 g/mol. The summed E-state index contributed by atoms with van der Waals surface area (Å²) in [6, 6.07) is 4.12. The van der Waals surface area contributed by atoms with Gasteiger partial charge in [-0.2, -0.15) is 5.10 Å². The van der Waals surface area contributed by atoms with E-state index in [9.17, 15) is 4.79 Å². The van der Waals surface area contributed by atoms with E-state index in [2.05, 4.69) is 20.0 Å². The Kier molecular flexibility index (Phi) is 3.78. The van der Waals surface area contributed by atoms with Gasteiger partial charge in [-0.15, -0.1) is 0 Å². The third kappa shape index (κ3) is 2.72. The predicted octanol–water partition coefficient (Wildman–Crippen LogP) is 0.973. The Hall–Kier alpha value is -2.28. The highest BCUT2D eigenvalue weighted by Crippen LogP contribution is 2.23. The van der Waals surface area contributed by atoms with Crippen LogP contribution in [0.1, 0.15) is 29.6 Å². The van der Waals surface area contributed by atoms with Crippen LogP contribution in [-0.4, -0.2) is 67.7 Å². The van der Waals surface area contributed by atoms with Crippen molar-refractivity contribution in [3.8, 4) is 5.82 Å². The molecule has 0 bridgehead atoms. The van der Waals surface area contributed by atoms with E-state index in [1.54, 1.807) is 23.3 Å². The number of fused-ring (bicyclic) bond motifs is 1. The summed E-state index contributed by atoms with van der Waals surface area (Å²) in [5, 5.41) is 4.10. The maximum absolute atomic E-state index is 13.0. The first kappa shape index (κ1) is 14.3. The van der Waals surface area contributed by atoms with Gasteiger partial charge in [-0.1, -0.05) is 6.42 Å². The number of pyridine rings is 1. The quantitative estimate of drug-likeness (QED) is 0.827. The van der Waals surface area contributed by atoms with E-state index < -0.39 is 0 Å². The average Bonchev–Trinajstić information content (AvgIpc) is 3.15. The van der Waals surface area contributed by atoms with E-state index in [1.807, 2.05) is 11.0 Å². The van der Waals surface area contributed by atoms with Crippen molar-refractivity contribution in [3.05, 3.63) is 36.5 Å². The highest BCUT2D eigenvalue weighted by atomic mass is 16.2. The summed E-state index contributed by atoms with van der Waals surface area (Å²) in [5.74, 6) is 0.579. The molecule has 0 aromatic carbocycles. The van der Waals surface area contributed by atoms with Gasteiger partial charge < -0.3 is 4.90 Å². The molecule has 2 saturated heterocycles. The van der Waals surface area contributed by atoms with Crippen LogP contribution in [0.15, 0.2) is 31.0 Å². The van der Waals surface area contributed by atoms with Crippen LogP contribution < -0.4 is 0 Å². The van der Waals surface area contributed by atoms with Crippen LogP contribution in [-0.2, 0) is 0 Å². The summed E-state index contributed by atoms with van der Waals surface area (Å²) in [4.78, 5) is 25.7. The molecule has 1 atom stereocenters. The minimum atomic E-state index is 0.0359. The molecule has 23 heavy (non-hydrogen) atoms. The molecule has 0 spiro atoms. The van der Waals surface area contributed by atoms with E-state index in [-0.39, 0.29) is 5.91 Å². The Morgan fingerprint density at radius 1 is 1.22 bits per heavy atom. The standard InChI is InChI=1S/C16H20N6O/c23-16(21-9-8-20-7-2-1-4-13(20)10-21)14-5-3-6-18-15(14)22-12-17-11-19-22/h3,5-6,11-13H,1-2,4,7-10H2. The molecule has 4 rings (SSSR count). The van der Waals surface area contributed by atoms with Gasteiger partial charge in [-0.05, 0) is 31.5 Å². The fraction of sp³-hybridized carbons (Fsp3) is 0.500. The van der Waals surface area contributed by atoms with Crippen LogP contribution in [0.5, 0.6) is 0 Å². The summed E-state index contributed by atoms with van der Waals surface area (Å²) in [6.07, 6.45) is 8.42. The van der Waals surface area contributed by atoms with Gasteiger partial charge in [-0.3, -0.25) is 9.69 Å². The zero-order chi connectivity index (χ0) is 15.6. The van der Waals surface area contributed by atoms with E-state index in [1.165, 1.54) is 32.1 Å². The Labute approximate surface area is 134 Å². The van der Waals surface area contributed by atoms with Crippen molar-refractivity contribution >= 4 is 5.91 Å². The normalized spacial score (nSPS) is 21.9. The fourth-order valence-electron chi connectivity index (χ4n) is 3.57. The first-order valence-corrected chi connectivity index (χ1v) is 8.16. The van der Waals surface area contributed by atoms with Crippen LogP contribution in [0.2, 0.25) is 0 Å². The third-order valence-electron chi connectivity index (χ3n) is 4.78. The number of piperazine rings is 1. The van der Waals surface area contributed by atoms with Crippen LogP contribution >= 0.6 is 0 Å². The monoisotopic (exact) mass is 312 g/mol. The van der Waals surface area contributed by atoms with Crippen LogP contribution in [0.3, 0.4) is 0 Å². The largest absolute Gasteiger partial charge is 0.336 e. The molecule has 120 valence electrons. The van der Waals surface area contributed by atoms with Crippen molar-refractivity contribution in [1.29, 1.82) is 0 Å². The lowest BCUT2D eigenvalue weighted by Crippen LogP contribution is -2.56. The average molecular weight is 312 g/mol. The number of amides is 1. The number of aromatic nitrogens is 4. The van der Waals surface area contributed by atoms with Gasteiger partial charge in [0.25, 0.3) is 5.91 Å². The molecule has 1 unspecified atom stereocenters. The first-order valence-electron chi connectivity index (χ1n) is 8.16. The summed E-state index contributed by atoms with van der Waals surface area (Å²) in [5.41, 5.74) is 0.585. The highest BCUT2D eigenvalue weighted by Gasteiger charge is 2.32. The van der Waals surface area contributed by atoms with Crippen molar-refractivity contribution in [3.63, 3.8) is 0 Å². The predicted molar refractivity (Wildman–Crippen MR) is 84.3 cm³/mol. The van der Waals surface area contributed by atoms with E-state index in [4.69, 9.17) is 0 Å². The molecule has 7 nitrogen and oxygen atoms in total. The van der Waals surface area contributed by atoms with Gasteiger partial charge in [0, 0.05) is 31.9 Å². The topological polar surface area (TPSA) is 67.2 Å². The van der Waals surface area contributed by atoms with E-state index >= 15 is 0 Å². The number of nitrogens with zero attached hydrogens (tertiary/aromatic N) is 6. The third-order valence-corrected chi connectivity index (χ3v) is 4.78. The van der Waals surface area contributed by atoms with Gasteiger partial charge in [0.15, 0.2) is 5.82 Å². The second-order valence-electron chi connectivity index (χ2n) is 6.15. The number of hydrogen-bond acceptors (Lipinski definition) is 5. The van der Waals surface area contributed by atoms with Gasteiger partial charge in [-0.25, -0.2) is 14.6 Å². The lowest BCUT2D eigenvalue weighted by Gasteiger charge is -2.44. The number of carbonyl (C=O) groups excluding carboxylic acids is 1. The Morgan fingerprint density at radius 2 is 2.17 bits per heavy atom. The Balaban J connectivity index is 1.58. The smallest absolute Gasteiger partial charge is 0.257 e. The molecule has 2 aromatic heterocycles. The molecule has 0 radical (unpaired) electrons. The molecule has 1 amide bonds. The number of hydrogen-bond donors (Lipinski definition) is 0. The molecular formula is C16H20N6O. The van der Waals surface area contributed by atoms with Crippen molar-refractivity contribution in [2.45, 2.75) is 25.3 Å². The van der Waals surface area contributed by atoms with Crippen molar-refractivity contribution in [2.24, 2.45) is 0 Å². The maximum Gasteiger partial charge on any atom is 0.257 e. The lowest BCUT2D eigenvalue weighted by atomic mass is 9.99. The van der Waals surface area contributed by atoms with Gasteiger partial charge in [0.05, 0.1) is 5.56 Å². The van der Waals surface area contributed by atoms with E-state index in [0.29, 0.717) is 17.4 Å². The van der Waals surface area contributed by atoms with Crippen LogP contribution in [0, 0.1) is 0 Å².